The predicted octanol–water partition coefficient (Wildman–Crippen LogP) is 1.84. The monoisotopic (exact) mass is 315 g/mol. The van der Waals surface area contributed by atoms with Crippen LogP contribution in [0.15, 0.2) is 18.2 Å². The van der Waals surface area contributed by atoms with Crippen LogP contribution < -0.4 is 11.1 Å². The Morgan fingerprint density at radius 1 is 1.43 bits per heavy atom. The van der Waals surface area contributed by atoms with Crippen molar-refractivity contribution in [2.75, 3.05) is 11.9 Å². The number of nitrogens with one attached hydrogen (secondary N) is 1. The molecule has 5 heteroatoms. The van der Waals surface area contributed by atoms with Gasteiger partial charge in [-0.05, 0) is 49.8 Å². The van der Waals surface area contributed by atoms with Crippen LogP contribution in [0, 0.1) is 0 Å². The van der Waals surface area contributed by atoms with E-state index in [1.54, 1.807) is 0 Å². The summed E-state index contributed by atoms with van der Waals surface area (Å²) in [6.07, 6.45) is 4.56. The molecule has 1 saturated heterocycles. The SMILES string of the molecule is CC1CC(N)CCN1C(=O)CCCc1ccc2c(c1)CC(=O)N2. The number of carbonyl (C=O) groups excluding carboxylic acids is 2. The molecule has 0 aromatic heterocycles. The molecule has 1 aromatic rings. The van der Waals surface area contributed by atoms with Crippen molar-refractivity contribution < 1.29 is 9.59 Å². The molecule has 0 bridgehead atoms. The van der Waals surface area contributed by atoms with Gasteiger partial charge in [-0.2, -0.15) is 0 Å². The maximum Gasteiger partial charge on any atom is 0.228 e. The summed E-state index contributed by atoms with van der Waals surface area (Å²) < 4.78 is 0. The highest BCUT2D eigenvalue weighted by Gasteiger charge is 2.26. The van der Waals surface area contributed by atoms with Gasteiger partial charge in [0.05, 0.1) is 6.42 Å². The third-order valence-corrected chi connectivity index (χ3v) is 4.89. The van der Waals surface area contributed by atoms with E-state index in [2.05, 4.69) is 18.3 Å². The van der Waals surface area contributed by atoms with Crippen molar-refractivity contribution in [1.82, 2.24) is 4.90 Å². The van der Waals surface area contributed by atoms with Crippen molar-refractivity contribution >= 4 is 17.5 Å². The first-order chi connectivity index (χ1) is 11.0. The highest BCUT2D eigenvalue weighted by atomic mass is 16.2. The maximum atomic E-state index is 12.4. The van der Waals surface area contributed by atoms with Crippen molar-refractivity contribution in [3.05, 3.63) is 29.3 Å². The molecule has 1 fully saturated rings. The summed E-state index contributed by atoms with van der Waals surface area (Å²) in [5.41, 5.74) is 9.14. The van der Waals surface area contributed by atoms with E-state index < -0.39 is 0 Å². The molecule has 2 aliphatic heterocycles. The molecule has 124 valence electrons. The summed E-state index contributed by atoms with van der Waals surface area (Å²) in [5.74, 6) is 0.298. The number of fused-ring (bicyclic) bond motifs is 1. The van der Waals surface area contributed by atoms with Gasteiger partial charge in [0.1, 0.15) is 0 Å². The zero-order valence-corrected chi connectivity index (χ0v) is 13.7. The van der Waals surface area contributed by atoms with E-state index >= 15 is 0 Å². The number of benzene rings is 1. The van der Waals surface area contributed by atoms with Gasteiger partial charge in [0, 0.05) is 30.7 Å². The van der Waals surface area contributed by atoms with Gasteiger partial charge < -0.3 is 16.0 Å². The van der Waals surface area contributed by atoms with E-state index in [0.717, 1.165) is 43.5 Å². The van der Waals surface area contributed by atoms with Crippen LogP contribution in [0.4, 0.5) is 5.69 Å². The fourth-order valence-electron chi connectivity index (χ4n) is 3.60. The largest absolute Gasteiger partial charge is 0.340 e. The molecule has 3 rings (SSSR count). The van der Waals surface area contributed by atoms with E-state index in [1.165, 1.54) is 5.56 Å². The number of carbonyl (C=O) groups is 2. The Morgan fingerprint density at radius 3 is 3.04 bits per heavy atom. The van der Waals surface area contributed by atoms with Gasteiger partial charge in [-0.3, -0.25) is 9.59 Å². The number of rotatable bonds is 4. The van der Waals surface area contributed by atoms with Crippen molar-refractivity contribution in [3.8, 4) is 0 Å². The van der Waals surface area contributed by atoms with Crippen LogP contribution >= 0.6 is 0 Å². The van der Waals surface area contributed by atoms with Crippen molar-refractivity contribution in [1.29, 1.82) is 0 Å². The Morgan fingerprint density at radius 2 is 2.26 bits per heavy atom. The van der Waals surface area contributed by atoms with Crippen molar-refractivity contribution in [2.24, 2.45) is 5.73 Å². The lowest BCUT2D eigenvalue weighted by atomic mass is 9.98. The zero-order chi connectivity index (χ0) is 16.4. The third-order valence-electron chi connectivity index (χ3n) is 4.89. The Balaban J connectivity index is 1.49. The molecule has 0 saturated carbocycles. The Bertz CT molecular complexity index is 614. The summed E-state index contributed by atoms with van der Waals surface area (Å²) in [4.78, 5) is 25.7. The number of hydrogen-bond acceptors (Lipinski definition) is 3. The fourth-order valence-corrected chi connectivity index (χ4v) is 3.60. The molecule has 0 radical (unpaired) electrons. The average Bonchev–Trinajstić information content (AvgIpc) is 2.86. The highest BCUT2D eigenvalue weighted by Crippen LogP contribution is 2.24. The number of amides is 2. The summed E-state index contributed by atoms with van der Waals surface area (Å²) in [6, 6.07) is 6.57. The maximum absolute atomic E-state index is 12.4. The van der Waals surface area contributed by atoms with Gasteiger partial charge in [-0.1, -0.05) is 12.1 Å². The van der Waals surface area contributed by atoms with Gasteiger partial charge in [-0.25, -0.2) is 0 Å². The Kier molecular flexibility index (Phi) is 4.66. The van der Waals surface area contributed by atoms with Crippen LogP contribution in [0.1, 0.15) is 43.7 Å². The van der Waals surface area contributed by atoms with Gasteiger partial charge in [0.15, 0.2) is 0 Å². The topological polar surface area (TPSA) is 75.4 Å². The Hall–Kier alpha value is -1.88. The third kappa shape index (κ3) is 3.72. The minimum Gasteiger partial charge on any atom is -0.340 e. The molecule has 2 atom stereocenters. The zero-order valence-electron chi connectivity index (χ0n) is 13.7. The molecule has 3 N–H and O–H groups in total. The molecule has 0 aliphatic carbocycles. The molecular formula is C18H25N3O2. The fraction of sp³-hybridized carbons (Fsp3) is 0.556. The molecule has 5 nitrogen and oxygen atoms in total. The smallest absolute Gasteiger partial charge is 0.228 e. The van der Waals surface area contributed by atoms with Crippen molar-refractivity contribution in [3.63, 3.8) is 0 Å². The number of hydrogen-bond donors (Lipinski definition) is 2. The van der Waals surface area contributed by atoms with Crippen molar-refractivity contribution in [2.45, 2.75) is 57.5 Å². The van der Waals surface area contributed by atoms with Crippen LogP contribution in [-0.4, -0.2) is 35.3 Å². The van der Waals surface area contributed by atoms with Crippen LogP contribution in [-0.2, 0) is 22.4 Å². The van der Waals surface area contributed by atoms with E-state index in [-0.39, 0.29) is 23.9 Å². The average molecular weight is 315 g/mol. The molecule has 2 heterocycles. The second-order valence-corrected chi connectivity index (χ2v) is 6.79. The summed E-state index contributed by atoms with van der Waals surface area (Å²) in [7, 11) is 0. The molecule has 1 aromatic carbocycles. The molecule has 23 heavy (non-hydrogen) atoms. The highest BCUT2D eigenvalue weighted by molar-refractivity contribution is 5.99. The van der Waals surface area contributed by atoms with Crippen LogP contribution in [0.5, 0.6) is 0 Å². The van der Waals surface area contributed by atoms with E-state index in [4.69, 9.17) is 5.73 Å². The number of likely N-dealkylation sites (tertiary alicyclic amines) is 1. The number of nitrogens with zero attached hydrogens (tertiary/aromatic N) is 1. The second kappa shape index (κ2) is 6.71. The first-order valence-electron chi connectivity index (χ1n) is 8.49. The Labute approximate surface area is 137 Å². The normalized spacial score (nSPS) is 23.6. The molecule has 2 amide bonds. The molecular weight excluding hydrogens is 290 g/mol. The molecule has 2 unspecified atom stereocenters. The van der Waals surface area contributed by atoms with Gasteiger partial charge in [0.2, 0.25) is 11.8 Å². The van der Waals surface area contributed by atoms with Crippen LogP contribution in [0.25, 0.3) is 0 Å². The molecule has 0 spiro atoms. The number of anilines is 1. The number of piperidine rings is 1. The molecule has 2 aliphatic rings. The second-order valence-electron chi connectivity index (χ2n) is 6.79. The minimum absolute atomic E-state index is 0.0598. The van der Waals surface area contributed by atoms with E-state index in [9.17, 15) is 9.59 Å². The van der Waals surface area contributed by atoms with Crippen LogP contribution in [0.3, 0.4) is 0 Å². The minimum atomic E-state index is 0.0598. The predicted molar refractivity (Wildman–Crippen MR) is 90.1 cm³/mol. The van der Waals surface area contributed by atoms with Crippen LogP contribution in [0.2, 0.25) is 0 Å². The van der Waals surface area contributed by atoms with Gasteiger partial charge >= 0.3 is 0 Å². The summed E-state index contributed by atoms with van der Waals surface area (Å²) in [5, 5.41) is 2.84. The van der Waals surface area contributed by atoms with E-state index in [1.807, 2.05) is 17.0 Å². The first-order valence-corrected chi connectivity index (χ1v) is 8.49. The standard InChI is InChI=1S/C18H25N3O2/c1-12-9-15(19)7-8-21(12)18(23)4-2-3-13-5-6-16-14(10-13)11-17(22)20-16/h5-6,10,12,15H,2-4,7-9,11,19H2,1H3,(H,20,22). The first kappa shape index (κ1) is 16.0. The lowest BCUT2D eigenvalue weighted by Gasteiger charge is -2.36. The lowest BCUT2D eigenvalue weighted by molar-refractivity contribution is -0.134. The van der Waals surface area contributed by atoms with E-state index in [0.29, 0.717) is 12.8 Å². The number of nitrogens with two attached hydrogens (primary N) is 1. The summed E-state index contributed by atoms with van der Waals surface area (Å²) >= 11 is 0. The quantitative estimate of drug-likeness (QED) is 0.890. The van der Waals surface area contributed by atoms with Gasteiger partial charge in [0.25, 0.3) is 0 Å². The number of aryl methyl sites for hydroxylation is 1. The van der Waals surface area contributed by atoms with Gasteiger partial charge in [-0.15, -0.1) is 0 Å². The lowest BCUT2D eigenvalue weighted by Crippen LogP contribution is -2.48. The summed E-state index contributed by atoms with van der Waals surface area (Å²) in [6.45, 7) is 2.87.